The summed E-state index contributed by atoms with van der Waals surface area (Å²) in [5, 5.41) is 6.03. The molecule has 1 aliphatic carbocycles. The van der Waals surface area contributed by atoms with Crippen LogP contribution in [0.2, 0.25) is 0 Å². The van der Waals surface area contributed by atoms with Crippen LogP contribution in [0.5, 0.6) is 17.2 Å². The van der Waals surface area contributed by atoms with E-state index in [0.717, 1.165) is 42.7 Å². The standard InChI is InChI=1S/C23H24N2O5/c26-22(12-19-17-3-1-2-4-18(17)23(27)25-19)24-14-5-7-15(8-6-14)30-16-9-10-20-21(11-16)29-13-28-20/h1-4,9-11,14-15,19H,5-8,12-13H2,(H,24,26)(H,25,27). The lowest BCUT2D eigenvalue weighted by Gasteiger charge is -2.30. The summed E-state index contributed by atoms with van der Waals surface area (Å²) in [4.78, 5) is 24.6. The average molecular weight is 408 g/mol. The number of nitrogens with one attached hydrogen (secondary N) is 2. The largest absolute Gasteiger partial charge is 0.490 e. The minimum Gasteiger partial charge on any atom is -0.490 e. The summed E-state index contributed by atoms with van der Waals surface area (Å²) in [6.45, 7) is 0.250. The Morgan fingerprint density at radius 1 is 1.07 bits per heavy atom. The molecule has 1 saturated carbocycles. The van der Waals surface area contributed by atoms with Gasteiger partial charge in [0.05, 0.1) is 18.6 Å². The molecular weight excluding hydrogens is 384 g/mol. The molecule has 0 saturated heterocycles. The molecule has 1 unspecified atom stereocenters. The van der Waals surface area contributed by atoms with E-state index in [1.165, 1.54) is 0 Å². The lowest BCUT2D eigenvalue weighted by Crippen LogP contribution is -2.40. The zero-order valence-corrected chi connectivity index (χ0v) is 16.6. The Hall–Kier alpha value is -3.22. The van der Waals surface area contributed by atoms with E-state index in [9.17, 15) is 9.59 Å². The first kappa shape index (κ1) is 18.8. The van der Waals surface area contributed by atoms with Crippen LogP contribution in [0.4, 0.5) is 0 Å². The van der Waals surface area contributed by atoms with Crippen LogP contribution in [0.3, 0.4) is 0 Å². The van der Waals surface area contributed by atoms with Crippen molar-refractivity contribution >= 4 is 11.8 Å². The fourth-order valence-electron chi connectivity index (χ4n) is 4.42. The van der Waals surface area contributed by atoms with Crippen molar-refractivity contribution in [2.45, 2.75) is 50.3 Å². The number of ether oxygens (including phenoxy) is 3. The van der Waals surface area contributed by atoms with E-state index in [0.29, 0.717) is 11.3 Å². The summed E-state index contributed by atoms with van der Waals surface area (Å²) in [5.74, 6) is 2.10. The number of benzene rings is 2. The second kappa shape index (κ2) is 7.89. The lowest BCUT2D eigenvalue weighted by atomic mass is 9.92. The number of fused-ring (bicyclic) bond motifs is 2. The summed E-state index contributed by atoms with van der Waals surface area (Å²) in [6, 6.07) is 13.0. The van der Waals surface area contributed by atoms with Crippen LogP contribution >= 0.6 is 0 Å². The maximum Gasteiger partial charge on any atom is 0.252 e. The van der Waals surface area contributed by atoms with Gasteiger partial charge in [-0.05, 0) is 49.4 Å². The maximum atomic E-state index is 12.5. The Balaban J connectivity index is 1.10. The number of carbonyl (C=O) groups excluding carboxylic acids is 2. The molecule has 7 heteroatoms. The highest BCUT2D eigenvalue weighted by atomic mass is 16.7. The lowest BCUT2D eigenvalue weighted by molar-refractivity contribution is -0.122. The van der Waals surface area contributed by atoms with Gasteiger partial charge < -0.3 is 24.8 Å². The number of hydrogen-bond donors (Lipinski definition) is 2. The van der Waals surface area contributed by atoms with Crippen LogP contribution in [-0.2, 0) is 4.79 Å². The normalized spacial score (nSPS) is 24.1. The van der Waals surface area contributed by atoms with Gasteiger partial charge in [0.1, 0.15) is 5.75 Å². The minimum absolute atomic E-state index is 0.0304. The molecule has 1 fully saturated rings. The van der Waals surface area contributed by atoms with Gasteiger partial charge in [-0.25, -0.2) is 0 Å². The molecule has 2 aromatic rings. The van der Waals surface area contributed by atoms with Crippen LogP contribution in [0, 0.1) is 0 Å². The monoisotopic (exact) mass is 408 g/mol. The van der Waals surface area contributed by atoms with Gasteiger partial charge in [-0.3, -0.25) is 9.59 Å². The van der Waals surface area contributed by atoms with Crippen molar-refractivity contribution in [1.82, 2.24) is 10.6 Å². The van der Waals surface area contributed by atoms with Gasteiger partial charge in [-0.2, -0.15) is 0 Å². The molecule has 2 aromatic carbocycles. The van der Waals surface area contributed by atoms with E-state index >= 15 is 0 Å². The van der Waals surface area contributed by atoms with Crippen molar-refractivity contribution in [3.05, 3.63) is 53.6 Å². The van der Waals surface area contributed by atoms with E-state index in [1.807, 2.05) is 36.4 Å². The molecule has 0 radical (unpaired) electrons. The molecule has 7 nitrogen and oxygen atoms in total. The van der Waals surface area contributed by atoms with E-state index in [2.05, 4.69) is 10.6 Å². The highest BCUT2D eigenvalue weighted by Gasteiger charge is 2.31. The van der Waals surface area contributed by atoms with Crippen molar-refractivity contribution in [3.8, 4) is 17.2 Å². The third kappa shape index (κ3) is 3.79. The predicted octanol–water partition coefficient (Wildman–Crippen LogP) is 3.10. The summed E-state index contributed by atoms with van der Waals surface area (Å²) >= 11 is 0. The van der Waals surface area contributed by atoms with E-state index in [-0.39, 0.29) is 43.2 Å². The Labute approximate surface area is 174 Å². The third-order valence-corrected chi connectivity index (χ3v) is 5.96. The summed E-state index contributed by atoms with van der Waals surface area (Å²) in [6.07, 6.45) is 3.88. The number of rotatable bonds is 5. The second-order valence-electron chi connectivity index (χ2n) is 7.99. The minimum atomic E-state index is -0.251. The second-order valence-corrected chi connectivity index (χ2v) is 7.99. The predicted molar refractivity (Wildman–Crippen MR) is 109 cm³/mol. The summed E-state index contributed by atoms with van der Waals surface area (Å²) in [5.41, 5.74) is 1.56. The van der Waals surface area contributed by atoms with Gasteiger partial charge in [-0.15, -0.1) is 0 Å². The van der Waals surface area contributed by atoms with Crippen molar-refractivity contribution in [2.24, 2.45) is 0 Å². The Kier molecular flexibility index (Phi) is 4.94. The van der Waals surface area contributed by atoms with Crippen LogP contribution in [0.25, 0.3) is 0 Å². The summed E-state index contributed by atoms with van der Waals surface area (Å²) < 4.78 is 16.8. The smallest absolute Gasteiger partial charge is 0.252 e. The maximum absolute atomic E-state index is 12.5. The average Bonchev–Trinajstić information content (AvgIpc) is 3.34. The van der Waals surface area contributed by atoms with Crippen molar-refractivity contribution in [1.29, 1.82) is 0 Å². The van der Waals surface area contributed by atoms with Crippen molar-refractivity contribution in [3.63, 3.8) is 0 Å². The van der Waals surface area contributed by atoms with Crippen LogP contribution in [0.15, 0.2) is 42.5 Å². The first-order valence-electron chi connectivity index (χ1n) is 10.4. The molecule has 30 heavy (non-hydrogen) atoms. The van der Waals surface area contributed by atoms with E-state index < -0.39 is 0 Å². The first-order valence-corrected chi connectivity index (χ1v) is 10.4. The molecule has 2 aliphatic heterocycles. The fourth-order valence-corrected chi connectivity index (χ4v) is 4.42. The molecule has 0 bridgehead atoms. The SMILES string of the molecule is O=C(CC1NC(=O)c2ccccc21)NC1CCC(Oc2ccc3c(c2)OCO3)CC1. The zero-order chi connectivity index (χ0) is 20.5. The number of carbonyl (C=O) groups is 2. The summed E-state index contributed by atoms with van der Waals surface area (Å²) in [7, 11) is 0. The van der Waals surface area contributed by atoms with Gasteiger partial charge in [0.2, 0.25) is 12.7 Å². The van der Waals surface area contributed by atoms with Gasteiger partial charge in [-0.1, -0.05) is 18.2 Å². The molecule has 5 rings (SSSR count). The molecule has 2 heterocycles. The van der Waals surface area contributed by atoms with Gasteiger partial charge in [0.25, 0.3) is 5.91 Å². The van der Waals surface area contributed by atoms with Crippen LogP contribution < -0.4 is 24.8 Å². The molecular formula is C23H24N2O5. The Morgan fingerprint density at radius 3 is 2.73 bits per heavy atom. The van der Waals surface area contributed by atoms with Crippen LogP contribution in [-0.4, -0.2) is 30.8 Å². The zero-order valence-electron chi connectivity index (χ0n) is 16.6. The molecule has 3 aliphatic rings. The highest BCUT2D eigenvalue weighted by Crippen LogP contribution is 2.36. The molecule has 0 aromatic heterocycles. The van der Waals surface area contributed by atoms with E-state index in [4.69, 9.17) is 14.2 Å². The quantitative estimate of drug-likeness (QED) is 0.794. The molecule has 2 amide bonds. The number of hydrogen-bond acceptors (Lipinski definition) is 5. The van der Waals surface area contributed by atoms with E-state index in [1.54, 1.807) is 6.07 Å². The highest BCUT2D eigenvalue weighted by molar-refractivity contribution is 5.99. The van der Waals surface area contributed by atoms with Gasteiger partial charge in [0, 0.05) is 17.7 Å². The first-order chi connectivity index (χ1) is 14.7. The van der Waals surface area contributed by atoms with Gasteiger partial charge in [0.15, 0.2) is 11.5 Å². The van der Waals surface area contributed by atoms with Crippen molar-refractivity contribution in [2.75, 3.05) is 6.79 Å². The van der Waals surface area contributed by atoms with Crippen molar-refractivity contribution < 1.29 is 23.8 Å². The third-order valence-electron chi connectivity index (χ3n) is 5.96. The molecule has 156 valence electrons. The topological polar surface area (TPSA) is 85.9 Å². The molecule has 1 atom stereocenters. The molecule has 2 N–H and O–H groups in total. The Bertz CT molecular complexity index is 968. The fraction of sp³-hybridized carbons (Fsp3) is 0.391. The van der Waals surface area contributed by atoms with Gasteiger partial charge >= 0.3 is 0 Å². The molecule has 0 spiro atoms. The number of amides is 2. The Morgan fingerprint density at radius 2 is 1.87 bits per heavy atom. The van der Waals surface area contributed by atoms with Crippen LogP contribution in [0.1, 0.15) is 54.1 Å².